The van der Waals surface area contributed by atoms with E-state index in [-0.39, 0.29) is 31.4 Å². The van der Waals surface area contributed by atoms with Crippen molar-refractivity contribution in [2.24, 2.45) is 0 Å². The van der Waals surface area contributed by atoms with E-state index in [4.69, 9.17) is 0 Å². The van der Waals surface area contributed by atoms with Gasteiger partial charge in [0, 0.05) is 44.4 Å². The topological polar surface area (TPSA) is 96.6 Å². The fourth-order valence-corrected chi connectivity index (χ4v) is 3.52. The van der Waals surface area contributed by atoms with Crippen LogP contribution in [0.1, 0.15) is 39.3 Å². The third-order valence-electron chi connectivity index (χ3n) is 5.54. The van der Waals surface area contributed by atoms with Gasteiger partial charge in [-0.1, -0.05) is 6.92 Å². The summed E-state index contributed by atoms with van der Waals surface area (Å²) < 4.78 is 3.70. The Kier molecular flexibility index (Phi) is 10.1. The summed E-state index contributed by atoms with van der Waals surface area (Å²) in [4.78, 5) is 50.2. The van der Waals surface area contributed by atoms with E-state index in [1.165, 1.54) is 4.90 Å². The van der Waals surface area contributed by atoms with E-state index in [1.54, 1.807) is 23.5 Å². The Balaban J connectivity index is 2.05. The first-order valence-corrected chi connectivity index (χ1v) is 11.2. The molecule has 0 spiro atoms. The van der Waals surface area contributed by atoms with Crippen LogP contribution >= 0.6 is 0 Å². The number of carbonyl (C=O) groups is 3. The largest absolute Gasteiger partial charge is 0.342 e. The lowest BCUT2D eigenvalue weighted by Crippen LogP contribution is -2.36. The van der Waals surface area contributed by atoms with Crippen LogP contribution in [0.15, 0.2) is 24.8 Å². The zero-order valence-corrected chi connectivity index (χ0v) is 19.6. The van der Waals surface area contributed by atoms with Crippen molar-refractivity contribution in [3.63, 3.8) is 0 Å². The maximum absolute atomic E-state index is 12.5. The van der Waals surface area contributed by atoms with Crippen LogP contribution in [-0.4, -0.2) is 84.6 Å². The Morgan fingerprint density at radius 3 is 1.69 bits per heavy atom. The number of rotatable bonds is 14. The van der Waals surface area contributed by atoms with Gasteiger partial charge in [-0.05, 0) is 27.3 Å². The number of aromatic nitrogens is 4. The summed E-state index contributed by atoms with van der Waals surface area (Å²) in [7, 11) is 0. The van der Waals surface area contributed by atoms with E-state index in [9.17, 15) is 14.4 Å². The van der Waals surface area contributed by atoms with E-state index < -0.39 is 0 Å². The van der Waals surface area contributed by atoms with Crippen molar-refractivity contribution < 1.29 is 14.4 Å². The Bertz CT molecular complexity index is 873. The summed E-state index contributed by atoms with van der Waals surface area (Å²) in [5.41, 5.74) is 0. The van der Waals surface area contributed by atoms with Crippen LogP contribution in [-0.2, 0) is 40.6 Å². The molecule has 0 aliphatic heterocycles. The second-order valence-electron chi connectivity index (χ2n) is 7.41. The third kappa shape index (κ3) is 6.74. The first kappa shape index (κ1) is 25.3. The van der Waals surface area contributed by atoms with Crippen molar-refractivity contribution in [3.05, 3.63) is 36.4 Å². The molecule has 0 atom stereocenters. The van der Waals surface area contributed by atoms with Crippen LogP contribution in [0.4, 0.5) is 0 Å². The molecule has 0 bridgehead atoms. The van der Waals surface area contributed by atoms with Gasteiger partial charge in [-0.2, -0.15) is 0 Å². The smallest absolute Gasteiger partial charge is 0.242 e. The highest BCUT2D eigenvalue weighted by Gasteiger charge is 2.18. The predicted octanol–water partition coefficient (Wildman–Crippen LogP) is 1.02. The highest BCUT2D eigenvalue weighted by atomic mass is 16.2. The summed E-state index contributed by atoms with van der Waals surface area (Å²) >= 11 is 0. The lowest BCUT2D eigenvalue weighted by molar-refractivity contribution is -0.133. The van der Waals surface area contributed by atoms with Crippen LogP contribution < -0.4 is 0 Å². The lowest BCUT2D eigenvalue weighted by Gasteiger charge is -2.23. The van der Waals surface area contributed by atoms with Crippen LogP contribution in [0.5, 0.6) is 0 Å². The van der Waals surface area contributed by atoms with Gasteiger partial charge in [-0.15, -0.1) is 0 Å². The van der Waals surface area contributed by atoms with E-state index >= 15 is 0 Å². The number of hydrogen-bond acceptors (Lipinski definition) is 6. The zero-order valence-electron chi connectivity index (χ0n) is 19.6. The fraction of sp³-hybridized carbons (Fsp3) is 0.591. The summed E-state index contributed by atoms with van der Waals surface area (Å²) in [5.74, 6) is 1.53. The molecule has 10 nitrogen and oxygen atoms in total. The molecule has 32 heavy (non-hydrogen) atoms. The monoisotopic (exact) mass is 445 g/mol. The molecule has 0 aliphatic rings. The molecular formula is C22H35N7O3. The molecule has 0 fully saturated rings. The average Bonchev–Trinajstić information content (AvgIpc) is 3.41. The number of hydrogen-bond donors (Lipinski definition) is 0. The van der Waals surface area contributed by atoms with Gasteiger partial charge >= 0.3 is 0 Å². The molecular weight excluding hydrogens is 410 g/mol. The van der Waals surface area contributed by atoms with Crippen LogP contribution in [0.3, 0.4) is 0 Å². The Morgan fingerprint density at radius 1 is 0.812 bits per heavy atom. The van der Waals surface area contributed by atoms with Gasteiger partial charge in [0.25, 0.3) is 0 Å². The first-order chi connectivity index (χ1) is 15.5. The minimum atomic E-state index is -0.118. The van der Waals surface area contributed by atoms with Crippen LogP contribution in [0.25, 0.3) is 0 Å². The molecule has 0 radical (unpaired) electrons. The number of likely N-dealkylation sites (N-methyl/N-ethyl adjacent to an activating group) is 2. The molecule has 176 valence electrons. The number of nitrogens with zero attached hydrogens (tertiary/aromatic N) is 7. The van der Waals surface area contributed by atoms with Gasteiger partial charge in [0.2, 0.25) is 11.8 Å². The lowest BCUT2D eigenvalue weighted by atomic mass is 10.4. The summed E-state index contributed by atoms with van der Waals surface area (Å²) in [5, 5.41) is 0. The molecule has 10 heteroatoms. The second-order valence-corrected chi connectivity index (χ2v) is 7.41. The number of imidazole rings is 2. The van der Waals surface area contributed by atoms with Gasteiger partial charge in [-0.3, -0.25) is 14.5 Å². The predicted molar refractivity (Wildman–Crippen MR) is 120 cm³/mol. The van der Waals surface area contributed by atoms with Crippen LogP contribution in [0, 0.1) is 0 Å². The molecule has 0 saturated carbocycles. The van der Waals surface area contributed by atoms with Gasteiger partial charge < -0.3 is 23.7 Å². The van der Waals surface area contributed by atoms with Gasteiger partial charge in [0.1, 0.15) is 31.0 Å². The minimum Gasteiger partial charge on any atom is -0.342 e. The molecule has 2 aromatic heterocycles. The average molecular weight is 446 g/mol. The summed E-state index contributed by atoms with van der Waals surface area (Å²) in [6, 6.07) is 0. The van der Waals surface area contributed by atoms with E-state index in [0.717, 1.165) is 24.5 Å². The zero-order chi connectivity index (χ0) is 23.5. The summed E-state index contributed by atoms with van der Waals surface area (Å²) in [6.07, 6.45) is 7.74. The van der Waals surface area contributed by atoms with Crippen molar-refractivity contribution in [3.8, 4) is 0 Å². The molecule has 0 saturated heterocycles. The van der Waals surface area contributed by atoms with Gasteiger partial charge in [0.05, 0.1) is 19.6 Å². The van der Waals surface area contributed by atoms with Crippen molar-refractivity contribution in [1.29, 1.82) is 0 Å². The normalized spacial score (nSPS) is 11.0. The Hall–Kier alpha value is -3.01. The first-order valence-electron chi connectivity index (χ1n) is 11.2. The number of carbonyl (C=O) groups excluding carboxylic acids is 3. The molecule has 2 rings (SSSR count). The molecule has 2 heterocycles. The maximum atomic E-state index is 12.5. The number of amides is 2. The maximum Gasteiger partial charge on any atom is 0.242 e. The second kappa shape index (κ2) is 12.7. The Labute approximate surface area is 189 Å². The van der Waals surface area contributed by atoms with Crippen molar-refractivity contribution in [2.75, 3.05) is 32.7 Å². The van der Waals surface area contributed by atoms with Crippen molar-refractivity contribution in [1.82, 2.24) is 33.8 Å². The van der Waals surface area contributed by atoms with E-state index in [0.29, 0.717) is 32.7 Å². The van der Waals surface area contributed by atoms with Crippen LogP contribution in [0.2, 0.25) is 0 Å². The molecule has 0 aliphatic carbocycles. The minimum absolute atomic E-state index is 0.0714. The van der Waals surface area contributed by atoms with Crippen molar-refractivity contribution >= 4 is 18.1 Å². The SMILES string of the molecule is CCN(Cc1nccn1CC(=O)N(CC)CC)Cc1nccn1CC(=O)N(CC)CC=O. The summed E-state index contributed by atoms with van der Waals surface area (Å²) in [6.45, 7) is 12.0. The number of aldehydes is 1. The van der Waals surface area contributed by atoms with E-state index in [1.807, 2.05) is 36.1 Å². The molecule has 0 unspecified atom stereocenters. The Morgan fingerprint density at radius 2 is 1.28 bits per heavy atom. The highest BCUT2D eigenvalue weighted by molar-refractivity contribution is 5.78. The van der Waals surface area contributed by atoms with Gasteiger partial charge in [0.15, 0.2) is 0 Å². The van der Waals surface area contributed by atoms with E-state index in [2.05, 4.69) is 21.8 Å². The molecule has 2 aromatic rings. The quantitative estimate of drug-likeness (QED) is 0.403. The third-order valence-corrected chi connectivity index (χ3v) is 5.54. The van der Waals surface area contributed by atoms with Gasteiger partial charge in [-0.25, -0.2) is 9.97 Å². The standard InChI is InChI=1S/C22H35N7O3/c1-5-25(15-19-23-9-11-28(19)17-21(31)26(6-2)7-3)16-20-24-10-12-29(20)18-22(32)27(8-4)13-14-30/h9-12,14H,5-8,13,15-18H2,1-4H3. The molecule has 0 aromatic carbocycles. The molecule has 0 N–H and O–H groups in total. The molecule has 2 amide bonds. The van der Waals surface area contributed by atoms with Crippen molar-refractivity contribution in [2.45, 2.75) is 53.9 Å². The fourth-order valence-electron chi connectivity index (χ4n) is 3.52. The highest BCUT2D eigenvalue weighted by Crippen LogP contribution is 2.10.